The van der Waals surface area contributed by atoms with E-state index in [1.165, 1.54) is 44.9 Å². The largest absolute Gasteiger partial charge is 0.491 e. The molecule has 4 heteroatoms. The molecule has 1 aromatic carbocycles. The Bertz CT molecular complexity index is 371. The monoisotopic (exact) mass is 298 g/mol. The molecular formula is C16H27ClN2O. The third-order valence-electron chi connectivity index (χ3n) is 3.35. The highest BCUT2D eigenvalue weighted by molar-refractivity contribution is 6.30. The Labute approximate surface area is 127 Å². The molecule has 1 aromatic rings. The molecule has 114 valence electrons. The van der Waals surface area contributed by atoms with Crippen LogP contribution in [0, 0.1) is 0 Å². The minimum Gasteiger partial charge on any atom is -0.491 e. The smallest absolute Gasteiger partial charge is 0.145 e. The molecule has 0 amide bonds. The van der Waals surface area contributed by atoms with Gasteiger partial charge in [-0.2, -0.15) is 0 Å². The van der Waals surface area contributed by atoms with Crippen molar-refractivity contribution in [2.24, 2.45) is 5.84 Å². The molecular weight excluding hydrogens is 272 g/mol. The average molecular weight is 299 g/mol. The van der Waals surface area contributed by atoms with Crippen LogP contribution in [0.25, 0.3) is 0 Å². The van der Waals surface area contributed by atoms with Crippen LogP contribution in [0.1, 0.15) is 58.3 Å². The fourth-order valence-corrected chi connectivity index (χ4v) is 2.31. The van der Waals surface area contributed by atoms with E-state index in [1.54, 1.807) is 12.1 Å². The predicted molar refractivity (Wildman–Crippen MR) is 87.4 cm³/mol. The molecule has 0 radical (unpaired) electrons. The number of unbranched alkanes of at least 4 members (excludes halogenated alkanes) is 7. The van der Waals surface area contributed by atoms with Gasteiger partial charge >= 0.3 is 0 Å². The molecule has 0 aliphatic carbocycles. The second kappa shape index (κ2) is 10.8. The number of rotatable bonds is 11. The molecule has 0 aliphatic heterocycles. The molecule has 0 aromatic heterocycles. The fourth-order valence-electron chi connectivity index (χ4n) is 2.15. The Balaban J connectivity index is 2.10. The van der Waals surface area contributed by atoms with Crippen LogP contribution in [0.2, 0.25) is 5.02 Å². The fraction of sp³-hybridized carbons (Fsp3) is 0.625. The van der Waals surface area contributed by atoms with E-state index < -0.39 is 0 Å². The van der Waals surface area contributed by atoms with Crippen LogP contribution in [0.15, 0.2) is 18.2 Å². The molecule has 20 heavy (non-hydrogen) atoms. The third-order valence-corrected chi connectivity index (χ3v) is 3.59. The molecule has 0 saturated heterocycles. The summed E-state index contributed by atoms with van der Waals surface area (Å²) in [5, 5.41) is 0.662. The number of halogens is 1. The minimum absolute atomic E-state index is 0.662. The summed E-state index contributed by atoms with van der Waals surface area (Å²) < 4.78 is 5.73. The van der Waals surface area contributed by atoms with Crippen LogP contribution in [0.5, 0.6) is 5.75 Å². The van der Waals surface area contributed by atoms with Crippen molar-refractivity contribution < 1.29 is 4.74 Å². The van der Waals surface area contributed by atoms with Crippen LogP contribution in [0.3, 0.4) is 0 Å². The van der Waals surface area contributed by atoms with E-state index in [0.717, 1.165) is 17.9 Å². The van der Waals surface area contributed by atoms with Gasteiger partial charge in [-0.25, -0.2) is 0 Å². The lowest BCUT2D eigenvalue weighted by atomic mass is 10.1. The van der Waals surface area contributed by atoms with E-state index in [-0.39, 0.29) is 0 Å². The van der Waals surface area contributed by atoms with Crippen molar-refractivity contribution in [1.82, 2.24) is 0 Å². The van der Waals surface area contributed by atoms with Gasteiger partial charge in [-0.05, 0) is 18.6 Å². The van der Waals surface area contributed by atoms with Crippen molar-refractivity contribution in [2.45, 2.75) is 58.3 Å². The quantitative estimate of drug-likeness (QED) is 0.337. The normalized spacial score (nSPS) is 10.6. The first kappa shape index (κ1) is 17.1. The van der Waals surface area contributed by atoms with Crippen LogP contribution in [-0.2, 0) is 0 Å². The van der Waals surface area contributed by atoms with Crippen molar-refractivity contribution >= 4 is 17.3 Å². The van der Waals surface area contributed by atoms with E-state index >= 15 is 0 Å². The first-order valence-corrected chi connectivity index (χ1v) is 8.04. The average Bonchev–Trinajstić information content (AvgIpc) is 2.46. The number of benzene rings is 1. The Hall–Kier alpha value is -0.930. The van der Waals surface area contributed by atoms with Gasteiger partial charge < -0.3 is 10.2 Å². The molecule has 0 unspecified atom stereocenters. The Morgan fingerprint density at radius 2 is 1.70 bits per heavy atom. The van der Waals surface area contributed by atoms with Crippen molar-refractivity contribution in [3.63, 3.8) is 0 Å². The zero-order valence-corrected chi connectivity index (χ0v) is 13.2. The molecule has 0 atom stereocenters. The number of hydrazine groups is 1. The molecule has 0 bridgehead atoms. The SMILES string of the molecule is CCCCCCCCCCOc1cc(Cl)ccc1NN. The summed E-state index contributed by atoms with van der Waals surface area (Å²) in [4.78, 5) is 0. The summed E-state index contributed by atoms with van der Waals surface area (Å²) in [6.45, 7) is 2.96. The maximum Gasteiger partial charge on any atom is 0.145 e. The van der Waals surface area contributed by atoms with E-state index in [0.29, 0.717) is 11.6 Å². The Morgan fingerprint density at radius 1 is 1.05 bits per heavy atom. The highest BCUT2D eigenvalue weighted by Crippen LogP contribution is 2.27. The summed E-state index contributed by atoms with van der Waals surface area (Å²) >= 11 is 5.95. The zero-order valence-electron chi connectivity index (χ0n) is 12.5. The standard InChI is InChI=1S/C16H27ClN2O/c1-2-3-4-5-6-7-8-9-12-20-16-13-14(17)10-11-15(16)19-18/h10-11,13,19H,2-9,12,18H2,1H3. The maximum absolute atomic E-state index is 5.95. The van der Waals surface area contributed by atoms with Crippen molar-refractivity contribution in [1.29, 1.82) is 0 Å². The second-order valence-corrected chi connectivity index (χ2v) is 5.54. The van der Waals surface area contributed by atoms with Crippen LogP contribution >= 0.6 is 11.6 Å². The highest BCUT2D eigenvalue weighted by atomic mass is 35.5. The number of hydrogen-bond acceptors (Lipinski definition) is 3. The molecule has 0 heterocycles. The number of nitrogen functional groups attached to an aromatic ring is 1. The number of nitrogens with two attached hydrogens (primary N) is 1. The van der Waals surface area contributed by atoms with E-state index in [4.69, 9.17) is 22.2 Å². The summed E-state index contributed by atoms with van der Waals surface area (Å²) in [5.74, 6) is 6.16. The van der Waals surface area contributed by atoms with Gasteiger partial charge in [-0.15, -0.1) is 0 Å². The van der Waals surface area contributed by atoms with E-state index in [2.05, 4.69) is 12.3 Å². The maximum atomic E-state index is 5.95. The van der Waals surface area contributed by atoms with Crippen LogP contribution in [-0.4, -0.2) is 6.61 Å². The second-order valence-electron chi connectivity index (χ2n) is 5.11. The molecule has 3 N–H and O–H groups in total. The number of ether oxygens (including phenoxy) is 1. The summed E-state index contributed by atoms with van der Waals surface area (Å²) in [5.41, 5.74) is 3.39. The zero-order chi connectivity index (χ0) is 14.6. The van der Waals surface area contributed by atoms with Gasteiger partial charge in [0.25, 0.3) is 0 Å². The molecule has 0 saturated carbocycles. The molecule has 3 nitrogen and oxygen atoms in total. The van der Waals surface area contributed by atoms with Crippen molar-refractivity contribution in [2.75, 3.05) is 12.0 Å². The lowest BCUT2D eigenvalue weighted by molar-refractivity contribution is 0.305. The lowest BCUT2D eigenvalue weighted by Crippen LogP contribution is -2.09. The third kappa shape index (κ3) is 7.01. The van der Waals surface area contributed by atoms with Gasteiger partial charge in [0, 0.05) is 11.1 Å². The first-order valence-electron chi connectivity index (χ1n) is 7.67. The Kier molecular flexibility index (Phi) is 9.25. The summed E-state index contributed by atoms with van der Waals surface area (Å²) in [7, 11) is 0. The molecule has 0 aliphatic rings. The van der Waals surface area contributed by atoms with Gasteiger partial charge in [0.1, 0.15) is 5.75 Å². The molecule has 0 fully saturated rings. The predicted octanol–water partition coefficient (Wildman–Crippen LogP) is 5.15. The van der Waals surface area contributed by atoms with E-state index in [1.807, 2.05) is 6.07 Å². The van der Waals surface area contributed by atoms with Gasteiger partial charge in [-0.3, -0.25) is 5.84 Å². The highest BCUT2D eigenvalue weighted by Gasteiger charge is 2.03. The lowest BCUT2D eigenvalue weighted by Gasteiger charge is -2.11. The Morgan fingerprint density at radius 3 is 2.35 bits per heavy atom. The van der Waals surface area contributed by atoms with Gasteiger partial charge in [0.15, 0.2) is 0 Å². The van der Waals surface area contributed by atoms with Crippen LogP contribution < -0.4 is 16.0 Å². The van der Waals surface area contributed by atoms with Crippen molar-refractivity contribution in [3.8, 4) is 5.75 Å². The number of anilines is 1. The van der Waals surface area contributed by atoms with Crippen molar-refractivity contribution in [3.05, 3.63) is 23.2 Å². The summed E-state index contributed by atoms with van der Waals surface area (Å²) in [6.07, 6.45) is 10.3. The number of nitrogens with one attached hydrogen (secondary N) is 1. The topological polar surface area (TPSA) is 47.3 Å². The van der Waals surface area contributed by atoms with Gasteiger partial charge in [-0.1, -0.05) is 63.5 Å². The molecule has 0 spiro atoms. The molecule has 1 rings (SSSR count). The van der Waals surface area contributed by atoms with E-state index in [9.17, 15) is 0 Å². The number of hydrogen-bond donors (Lipinski definition) is 2. The minimum atomic E-state index is 0.662. The first-order chi connectivity index (χ1) is 9.77. The van der Waals surface area contributed by atoms with Gasteiger partial charge in [0.05, 0.1) is 12.3 Å². The summed E-state index contributed by atoms with van der Waals surface area (Å²) in [6, 6.07) is 5.41. The van der Waals surface area contributed by atoms with Crippen LogP contribution in [0.4, 0.5) is 5.69 Å². The van der Waals surface area contributed by atoms with Gasteiger partial charge in [0.2, 0.25) is 0 Å².